The van der Waals surface area contributed by atoms with E-state index in [4.69, 9.17) is 17.3 Å². The summed E-state index contributed by atoms with van der Waals surface area (Å²) in [5, 5.41) is 5.62. The molecule has 0 aliphatic carbocycles. The Kier molecular flexibility index (Phi) is 2.87. The van der Waals surface area contributed by atoms with E-state index in [-0.39, 0.29) is 5.82 Å². The SMILES string of the molecule is Nc1ccc2cnn(Cc3ccc(Cl)cc3F)c2c1. The highest BCUT2D eigenvalue weighted by Crippen LogP contribution is 2.20. The lowest BCUT2D eigenvalue weighted by molar-refractivity contribution is 0.590. The predicted octanol–water partition coefficient (Wildman–Crippen LogP) is 3.46. The number of nitrogens with zero attached hydrogens (tertiary/aromatic N) is 2. The van der Waals surface area contributed by atoms with Crippen molar-refractivity contribution in [1.82, 2.24) is 9.78 Å². The van der Waals surface area contributed by atoms with Crippen LogP contribution < -0.4 is 5.73 Å². The first-order valence-electron chi connectivity index (χ1n) is 5.78. The minimum atomic E-state index is -0.333. The molecule has 0 atom stereocenters. The van der Waals surface area contributed by atoms with E-state index in [0.29, 0.717) is 22.8 Å². The van der Waals surface area contributed by atoms with Gasteiger partial charge in [-0.05, 0) is 30.3 Å². The molecule has 2 aromatic carbocycles. The number of nitrogens with two attached hydrogens (primary N) is 1. The number of rotatable bonds is 2. The zero-order valence-corrected chi connectivity index (χ0v) is 10.7. The maximum atomic E-state index is 13.8. The first-order valence-corrected chi connectivity index (χ1v) is 6.16. The van der Waals surface area contributed by atoms with Crippen molar-refractivity contribution in [2.75, 3.05) is 5.73 Å². The zero-order chi connectivity index (χ0) is 13.4. The van der Waals surface area contributed by atoms with Gasteiger partial charge in [-0.15, -0.1) is 0 Å². The molecule has 1 heterocycles. The third-order valence-corrected chi connectivity index (χ3v) is 3.24. The van der Waals surface area contributed by atoms with Gasteiger partial charge in [-0.3, -0.25) is 4.68 Å². The van der Waals surface area contributed by atoms with Crippen molar-refractivity contribution in [1.29, 1.82) is 0 Å². The second-order valence-electron chi connectivity index (χ2n) is 4.36. The molecule has 3 nitrogen and oxygen atoms in total. The lowest BCUT2D eigenvalue weighted by Crippen LogP contribution is -2.03. The van der Waals surface area contributed by atoms with Crippen molar-refractivity contribution in [2.24, 2.45) is 0 Å². The summed E-state index contributed by atoms with van der Waals surface area (Å²) in [4.78, 5) is 0. The van der Waals surface area contributed by atoms with Crippen molar-refractivity contribution < 1.29 is 4.39 Å². The molecule has 0 fully saturated rings. The molecule has 3 aromatic rings. The fraction of sp³-hybridized carbons (Fsp3) is 0.0714. The molecular weight excluding hydrogens is 265 g/mol. The Hall–Kier alpha value is -2.07. The van der Waals surface area contributed by atoms with Crippen molar-refractivity contribution in [3.63, 3.8) is 0 Å². The fourth-order valence-corrected chi connectivity index (χ4v) is 2.18. The average molecular weight is 276 g/mol. The van der Waals surface area contributed by atoms with Crippen molar-refractivity contribution in [2.45, 2.75) is 6.54 Å². The maximum Gasteiger partial charge on any atom is 0.129 e. The molecule has 96 valence electrons. The number of halogens is 2. The molecule has 0 saturated heterocycles. The lowest BCUT2D eigenvalue weighted by atomic mass is 10.2. The summed E-state index contributed by atoms with van der Waals surface area (Å²) in [5.74, 6) is -0.333. The van der Waals surface area contributed by atoms with Gasteiger partial charge in [-0.1, -0.05) is 17.7 Å². The number of hydrogen-bond donors (Lipinski definition) is 1. The van der Waals surface area contributed by atoms with Gasteiger partial charge in [0.05, 0.1) is 18.3 Å². The number of aromatic nitrogens is 2. The highest BCUT2D eigenvalue weighted by atomic mass is 35.5. The molecule has 3 rings (SSSR count). The van der Waals surface area contributed by atoms with Crippen LogP contribution in [0.15, 0.2) is 42.6 Å². The summed E-state index contributed by atoms with van der Waals surface area (Å²) in [6, 6.07) is 10.2. The summed E-state index contributed by atoms with van der Waals surface area (Å²) in [7, 11) is 0. The van der Waals surface area contributed by atoms with Crippen LogP contribution in [0.4, 0.5) is 10.1 Å². The fourth-order valence-electron chi connectivity index (χ4n) is 2.02. The standard InChI is InChI=1S/C14H11ClFN3/c15-11-3-1-10(13(16)5-11)8-19-14-6-12(17)4-2-9(14)7-18-19/h1-7H,8,17H2. The third-order valence-electron chi connectivity index (χ3n) is 3.00. The minimum absolute atomic E-state index is 0.333. The van der Waals surface area contributed by atoms with Gasteiger partial charge in [-0.2, -0.15) is 5.10 Å². The van der Waals surface area contributed by atoms with Gasteiger partial charge in [0.1, 0.15) is 5.82 Å². The van der Waals surface area contributed by atoms with Gasteiger partial charge in [0.25, 0.3) is 0 Å². The smallest absolute Gasteiger partial charge is 0.129 e. The quantitative estimate of drug-likeness (QED) is 0.728. The molecule has 1 aromatic heterocycles. The highest BCUT2D eigenvalue weighted by Gasteiger charge is 2.07. The maximum absolute atomic E-state index is 13.8. The summed E-state index contributed by atoms with van der Waals surface area (Å²) in [6.07, 6.45) is 1.74. The monoisotopic (exact) mass is 275 g/mol. The van der Waals surface area contributed by atoms with Gasteiger partial charge in [-0.25, -0.2) is 4.39 Å². The molecule has 0 radical (unpaired) electrons. The largest absolute Gasteiger partial charge is 0.399 e. The Bertz CT molecular complexity index is 752. The molecule has 0 amide bonds. The van der Waals surface area contributed by atoms with Crippen LogP contribution in [0.1, 0.15) is 5.56 Å². The average Bonchev–Trinajstić information content (AvgIpc) is 2.75. The topological polar surface area (TPSA) is 43.8 Å². The first-order chi connectivity index (χ1) is 9.13. The van der Waals surface area contributed by atoms with E-state index >= 15 is 0 Å². The Morgan fingerprint density at radius 1 is 1.21 bits per heavy atom. The molecule has 0 saturated carbocycles. The lowest BCUT2D eigenvalue weighted by Gasteiger charge is -2.06. The van der Waals surface area contributed by atoms with Crippen LogP contribution in [0.3, 0.4) is 0 Å². The van der Waals surface area contributed by atoms with Crippen molar-refractivity contribution >= 4 is 28.2 Å². The molecule has 19 heavy (non-hydrogen) atoms. The molecule has 0 unspecified atom stereocenters. The Balaban J connectivity index is 2.03. The number of anilines is 1. The molecule has 5 heteroatoms. The zero-order valence-electron chi connectivity index (χ0n) is 9.98. The van der Waals surface area contributed by atoms with Crippen LogP contribution in [0.2, 0.25) is 5.02 Å². The number of nitrogen functional groups attached to an aromatic ring is 1. The molecular formula is C14H11ClFN3. The summed E-state index contributed by atoms with van der Waals surface area (Å²) in [6.45, 7) is 0.343. The molecule has 2 N–H and O–H groups in total. The molecule has 0 aliphatic rings. The van der Waals surface area contributed by atoms with Gasteiger partial charge in [0.2, 0.25) is 0 Å². The van der Waals surface area contributed by atoms with E-state index < -0.39 is 0 Å². The van der Waals surface area contributed by atoms with Crippen LogP contribution in [0.5, 0.6) is 0 Å². The van der Waals surface area contributed by atoms with Crippen molar-refractivity contribution in [3.8, 4) is 0 Å². The van der Waals surface area contributed by atoms with E-state index in [1.165, 1.54) is 6.07 Å². The Labute approximate surface area is 114 Å². The highest BCUT2D eigenvalue weighted by molar-refractivity contribution is 6.30. The normalized spacial score (nSPS) is 11.1. The third kappa shape index (κ3) is 2.27. The van der Waals surface area contributed by atoms with Crippen molar-refractivity contribution in [3.05, 3.63) is 59.0 Å². The van der Waals surface area contributed by atoms with E-state index in [0.717, 1.165) is 10.9 Å². The van der Waals surface area contributed by atoms with E-state index in [1.807, 2.05) is 18.2 Å². The minimum Gasteiger partial charge on any atom is -0.399 e. The Morgan fingerprint density at radius 3 is 2.84 bits per heavy atom. The van der Waals surface area contributed by atoms with Gasteiger partial charge in [0, 0.05) is 21.7 Å². The van der Waals surface area contributed by atoms with Gasteiger partial charge >= 0.3 is 0 Å². The summed E-state index contributed by atoms with van der Waals surface area (Å²) in [5.41, 5.74) is 7.84. The van der Waals surface area contributed by atoms with Gasteiger partial charge in [0.15, 0.2) is 0 Å². The van der Waals surface area contributed by atoms with Crippen LogP contribution in [-0.4, -0.2) is 9.78 Å². The van der Waals surface area contributed by atoms with Gasteiger partial charge < -0.3 is 5.73 Å². The molecule has 0 spiro atoms. The number of fused-ring (bicyclic) bond motifs is 1. The Morgan fingerprint density at radius 2 is 2.05 bits per heavy atom. The molecule has 0 bridgehead atoms. The van der Waals surface area contributed by atoms with Crippen LogP contribution in [-0.2, 0) is 6.54 Å². The summed E-state index contributed by atoms with van der Waals surface area (Å²) >= 11 is 5.74. The second-order valence-corrected chi connectivity index (χ2v) is 4.79. The van der Waals surface area contributed by atoms with E-state index in [9.17, 15) is 4.39 Å². The van der Waals surface area contributed by atoms with Crippen LogP contribution in [0.25, 0.3) is 10.9 Å². The number of hydrogen-bond acceptors (Lipinski definition) is 2. The second kappa shape index (κ2) is 4.55. The summed E-state index contributed by atoms with van der Waals surface area (Å²) < 4.78 is 15.5. The van der Waals surface area contributed by atoms with E-state index in [2.05, 4.69) is 5.10 Å². The number of benzene rings is 2. The van der Waals surface area contributed by atoms with Crippen LogP contribution >= 0.6 is 11.6 Å². The first kappa shape index (κ1) is 12.0. The predicted molar refractivity (Wildman–Crippen MR) is 74.7 cm³/mol. The molecule has 0 aliphatic heterocycles. The van der Waals surface area contributed by atoms with Crippen LogP contribution in [0, 0.1) is 5.82 Å². The van der Waals surface area contributed by atoms with E-state index in [1.54, 1.807) is 23.0 Å².